The first-order valence-electron chi connectivity index (χ1n) is 6.30. The van der Waals surface area contributed by atoms with E-state index < -0.39 is 0 Å². The van der Waals surface area contributed by atoms with Gasteiger partial charge in [-0.1, -0.05) is 0 Å². The van der Waals surface area contributed by atoms with Gasteiger partial charge in [0.2, 0.25) is 0 Å². The van der Waals surface area contributed by atoms with Gasteiger partial charge in [-0.2, -0.15) is 0 Å². The highest BCUT2D eigenvalue weighted by atomic mass is 32.1. The summed E-state index contributed by atoms with van der Waals surface area (Å²) in [6.45, 7) is 3.92. The van der Waals surface area contributed by atoms with E-state index in [1.54, 1.807) is 11.3 Å². The topological polar surface area (TPSA) is 45.2 Å². The lowest BCUT2D eigenvalue weighted by molar-refractivity contribution is 0.0646. The molecule has 1 aromatic heterocycles. The third kappa shape index (κ3) is 2.21. The van der Waals surface area contributed by atoms with Crippen LogP contribution < -0.4 is 5.32 Å². The summed E-state index contributed by atoms with van der Waals surface area (Å²) in [7, 11) is 0. The number of thiazole rings is 1. The number of hydrogen-bond donors (Lipinski definition) is 1. The molecule has 3 rings (SSSR count). The lowest BCUT2D eigenvalue weighted by atomic mass is 10.0. The lowest BCUT2D eigenvalue weighted by Gasteiger charge is -2.30. The van der Waals surface area contributed by atoms with Crippen molar-refractivity contribution in [3.8, 4) is 0 Å². The van der Waals surface area contributed by atoms with Gasteiger partial charge < -0.3 is 10.2 Å². The first-order chi connectivity index (χ1) is 8.34. The number of nitrogens with one attached hydrogen (secondary N) is 1. The molecule has 1 N–H and O–H groups in total. The quantitative estimate of drug-likeness (QED) is 0.865. The zero-order valence-electron chi connectivity index (χ0n) is 9.82. The van der Waals surface area contributed by atoms with E-state index in [-0.39, 0.29) is 5.91 Å². The fourth-order valence-electron chi connectivity index (χ4n) is 2.32. The number of carbonyl (C=O) groups excluding carboxylic acids is 1. The monoisotopic (exact) mass is 251 g/mol. The predicted molar refractivity (Wildman–Crippen MR) is 67.5 cm³/mol. The molecular weight excluding hydrogens is 234 g/mol. The Morgan fingerprint density at radius 1 is 1.47 bits per heavy atom. The smallest absolute Gasteiger partial charge is 0.273 e. The van der Waals surface area contributed by atoms with Crippen LogP contribution in [-0.2, 0) is 0 Å². The minimum atomic E-state index is 0.113. The number of likely N-dealkylation sites (tertiary alicyclic amines) is 1. The number of hydrogen-bond acceptors (Lipinski definition) is 4. The van der Waals surface area contributed by atoms with Crippen LogP contribution >= 0.6 is 11.3 Å². The average Bonchev–Trinajstić information content (AvgIpc) is 2.77. The van der Waals surface area contributed by atoms with Crippen LogP contribution in [0.3, 0.4) is 0 Å². The maximum Gasteiger partial charge on any atom is 0.273 e. The van der Waals surface area contributed by atoms with E-state index in [1.165, 1.54) is 12.8 Å². The van der Waals surface area contributed by atoms with Crippen molar-refractivity contribution >= 4 is 17.2 Å². The van der Waals surface area contributed by atoms with E-state index >= 15 is 0 Å². The molecule has 5 heteroatoms. The molecule has 2 aliphatic heterocycles. The molecule has 3 heterocycles. The van der Waals surface area contributed by atoms with Crippen molar-refractivity contribution in [2.24, 2.45) is 0 Å². The number of nitrogens with zero attached hydrogens (tertiary/aromatic N) is 2. The van der Waals surface area contributed by atoms with Crippen LogP contribution in [0.25, 0.3) is 0 Å². The van der Waals surface area contributed by atoms with E-state index in [1.807, 2.05) is 10.3 Å². The molecule has 0 saturated carbocycles. The van der Waals surface area contributed by atoms with Gasteiger partial charge in [0.05, 0.1) is 5.01 Å². The fraction of sp³-hybridized carbons (Fsp3) is 0.667. The van der Waals surface area contributed by atoms with E-state index in [2.05, 4.69) is 10.3 Å². The molecule has 1 amide bonds. The van der Waals surface area contributed by atoms with Crippen molar-refractivity contribution in [3.63, 3.8) is 0 Å². The predicted octanol–water partition coefficient (Wildman–Crippen LogP) is 1.46. The highest BCUT2D eigenvalue weighted by Gasteiger charge is 2.25. The SMILES string of the molecule is O=C(c1csc(C2CCCNC2)n1)N1CCC1. The van der Waals surface area contributed by atoms with E-state index in [0.29, 0.717) is 11.6 Å². The number of carbonyl (C=O) groups is 1. The summed E-state index contributed by atoms with van der Waals surface area (Å²) in [6, 6.07) is 0. The van der Waals surface area contributed by atoms with Crippen LogP contribution in [0, 0.1) is 0 Å². The molecule has 17 heavy (non-hydrogen) atoms. The highest BCUT2D eigenvalue weighted by Crippen LogP contribution is 2.26. The Morgan fingerprint density at radius 2 is 2.35 bits per heavy atom. The molecular formula is C12H17N3OS. The molecule has 4 nitrogen and oxygen atoms in total. The van der Waals surface area contributed by atoms with Gasteiger partial charge in [0.1, 0.15) is 5.69 Å². The summed E-state index contributed by atoms with van der Waals surface area (Å²) in [5, 5.41) is 6.44. The maximum atomic E-state index is 12.0. The van der Waals surface area contributed by atoms with Gasteiger partial charge in [-0.15, -0.1) is 11.3 Å². The molecule has 92 valence electrons. The van der Waals surface area contributed by atoms with E-state index in [9.17, 15) is 4.79 Å². The van der Waals surface area contributed by atoms with Crippen LogP contribution in [-0.4, -0.2) is 42.0 Å². The standard InChI is InChI=1S/C12H17N3OS/c16-12(15-5-2-6-15)10-8-17-11(14-10)9-3-1-4-13-7-9/h8-9,13H,1-7H2. The van der Waals surface area contributed by atoms with Gasteiger partial charge in [-0.05, 0) is 25.8 Å². The fourth-order valence-corrected chi connectivity index (χ4v) is 3.25. The van der Waals surface area contributed by atoms with Crippen molar-refractivity contribution in [1.82, 2.24) is 15.2 Å². The number of piperidine rings is 1. The van der Waals surface area contributed by atoms with Crippen molar-refractivity contribution in [1.29, 1.82) is 0 Å². The van der Waals surface area contributed by atoms with Crippen molar-refractivity contribution in [2.45, 2.75) is 25.2 Å². The molecule has 0 bridgehead atoms. The number of amides is 1. The Labute approximate surface area is 105 Å². The molecule has 0 aromatic carbocycles. The van der Waals surface area contributed by atoms with Crippen LogP contribution in [0.4, 0.5) is 0 Å². The highest BCUT2D eigenvalue weighted by molar-refractivity contribution is 7.09. The number of aromatic nitrogens is 1. The van der Waals surface area contributed by atoms with Crippen molar-refractivity contribution in [2.75, 3.05) is 26.2 Å². The first-order valence-corrected chi connectivity index (χ1v) is 7.18. The molecule has 1 aromatic rings. The van der Waals surface area contributed by atoms with E-state index in [4.69, 9.17) is 0 Å². The van der Waals surface area contributed by atoms with E-state index in [0.717, 1.165) is 37.6 Å². The van der Waals surface area contributed by atoms with Gasteiger partial charge in [-0.25, -0.2) is 4.98 Å². The van der Waals surface area contributed by atoms with Gasteiger partial charge in [-0.3, -0.25) is 4.79 Å². The normalized spacial score (nSPS) is 24.5. The number of rotatable bonds is 2. The van der Waals surface area contributed by atoms with Gasteiger partial charge >= 0.3 is 0 Å². The molecule has 0 radical (unpaired) electrons. The molecule has 0 aliphatic carbocycles. The maximum absolute atomic E-state index is 12.0. The summed E-state index contributed by atoms with van der Waals surface area (Å²) in [5.41, 5.74) is 0.648. The molecule has 2 aliphatic rings. The third-order valence-electron chi connectivity index (χ3n) is 3.53. The Bertz CT molecular complexity index is 408. The molecule has 1 unspecified atom stereocenters. The van der Waals surface area contributed by atoms with Crippen LogP contribution in [0.1, 0.15) is 40.7 Å². The third-order valence-corrected chi connectivity index (χ3v) is 4.54. The largest absolute Gasteiger partial charge is 0.337 e. The minimum absolute atomic E-state index is 0.113. The Morgan fingerprint density at radius 3 is 3.00 bits per heavy atom. The van der Waals surface area contributed by atoms with Crippen LogP contribution in [0.5, 0.6) is 0 Å². The lowest BCUT2D eigenvalue weighted by Crippen LogP contribution is -2.42. The summed E-state index contributed by atoms with van der Waals surface area (Å²) in [5.74, 6) is 0.620. The molecule has 2 fully saturated rings. The summed E-state index contributed by atoms with van der Waals surface area (Å²) in [4.78, 5) is 18.4. The second-order valence-corrected chi connectivity index (χ2v) is 5.65. The zero-order valence-corrected chi connectivity index (χ0v) is 10.6. The summed E-state index contributed by atoms with van der Waals surface area (Å²) >= 11 is 1.64. The first kappa shape index (κ1) is 11.2. The molecule has 2 saturated heterocycles. The molecule has 1 atom stereocenters. The van der Waals surface area contributed by atoms with Crippen LogP contribution in [0.15, 0.2) is 5.38 Å². The van der Waals surface area contributed by atoms with Crippen molar-refractivity contribution < 1.29 is 4.79 Å². The van der Waals surface area contributed by atoms with Crippen molar-refractivity contribution in [3.05, 3.63) is 16.1 Å². The summed E-state index contributed by atoms with van der Waals surface area (Å²) < 4.78 is 0. The van der Waals surface area contributed by atoms with Crippen LogP contribution in [0.2, 0.25) is 0 Å². The average molecular weight is 251 g/mol. The Kier molecular flexibility index (Phi) is 3.11. The summed E-state index contributed by atoms with van der Waals surface area (Å²) in [6.07, 6.45) is 3.53. The molecule has 0 spiro atoms. The second-order valence-electron chi connectivity index (χ2n) is 4.76. The Hall–Kier alpha value is -0.940. The van der Waals surface area contributed by atoms with Gasteiger partial charge in [0.15, 0.2) is 0 Å². The minimum Gasteiger partial charge on any atom is -0.337 e. The van der Waals surface area contributed by atoms with Gasteiger partial charge in [0, 0.05) is 30.9 Å². The van der Waals surface area contributed by atoms with Gasteiger partial charge in [0.25, 0.3) is 5.91 Å². The Balaban J connectivity index is 1.70. The zero-order chi connectivity index (χ0) is 11.7. The second kappa shape index (κ2) is 4.74.